The Hall–Kier alpha value is -3.27. The second-order valence-electron chi connectivity index (χ2n) is 9.06. The zero-order valence-electron chi connectivity index (χ0n) is 22.8. The summed E-state index contributed by atoms with van der Waals surface area (Å²) in [6.07, 6.45) is 2.15. The van der Waals surface area contributed by atoms with Crippen LogP contribution >= 0.6 is 0 Å². The molecule has 204 valence electrons. The number of anilines is 1. The van der Waals surface area contributed by atoms with Crippen molar-refractivity contribution in [1.82, 2.24) is 10.2 Å². The fraction of sp³-hybridized carbons (Fsp3) is 0.481. The summed E-state index contributed by atoms with van der Waals surface area (Å²) in [5, 5.41) is 2.96. The summed E-state index contributed by atoms with van der Waals surface area (Å²) in [4.78, 5) is 28.4. The van der Waals surface area contributed by atoms with Gasteiger partial charge < -0.3 is 19.7 Å². The Labute approximate surface area is 220 Å². The second kappa shape index (κ2) is 13.3. The number of benzene rings is 2. The summed E-state index contributed by atoms with van der Waals surface area (Å²) in [6, 6.07) is 11.5. The molecule has 0 radical (unpaired) electrons. The van der Waals surface area contributed by atoms with Crippen LogP contribution in [0.15, 0.2) is 42.5 Å². The molecular formula is C27H39N3O6S. The average molecular weight is 534 g/mol. The summed E-state index contributed by atoms with van der Waals surface area (Å²) in [5.41, 5.74) is 2.16. The predicted molar refractivity (Wildman–Crippen MR) is 145 cm³/mol. The van der Waals surface area contributed by atoms with Gasteiger partial charge in [0.1, 0.15) is 12.6 Å². The molecule has 2 atom stereocenters. The van der Waals surface area contributed by atoms with Crippen molar-refractivity contribution in [3.05, 3.63) is 53.6 Å². The molecule has 1 N–H and O–H groups in total. The number of carbonyl (C=O) groups is 2. The van der Waals surface area contributed by atoms with Crippen LogP contribution in [0.25, 0.3) is 0 Å². The molecule has 0 aromatic heterocycles. The second-order valence-corrected chi connectivity index (χ2v) is 11.0. The first-order chi connectivity index (χ1) is 17.4. The van der Waals surface area contributed by atoms with Crippen molar-refractivity contribution in [3.8, 4) is 11.5 Å². The van der Waals surface area contributed by atoms with Crippen molar-refractivity contribution in [3.63, 3.8) is 0 Å². The minimum atomic E-state index is -3.86. The van der Waals surface area contributed by atoms with Gasteiger partial charge in [0.2, 0.25) is 21.8 Å². The van der Waals surface area contributed by atoms with E-state index in [1.165, 1.54) is 25.2 Å². The van der Waals surface area contributed by atoms with Crippen LogP contribution in [0.1, 0.15) is 44.7 Å². The van der Waals surface area contributed by atoms with Crippen LogP contribution in [-0.2, 0) is 26.2 Å². The molecule has 0 unspecified atom stereocenters. The molecule has 2 rings (SSSR count). The zero-order valence-corrected chi connectivity index (χ0v) is 23.6. The molecule has 2 amide bonds. The van der Waals surface area contributed by atoms with Gasteiger partial charge in [-0.3, -0.25) is 13.9 Å². The van der Waals surface area contributed by atoms with Crippen LogP contribution < -0.4 is 19.1 Å². The van der Waals surface area contributed by atoms with Crippen LogP contribution in [0.4, 0.5) is 5.69 Å². The van der Waals surface area contributed by atoms with Gasteiger partial charge >= 0.3 is 0 Å². The Morgan fingerprint density at radius 1 is 0.973 bits per heavy atom. The molecule has 9 nitrogen and oxygen atoms in total. The number of carbonyl (C=O) groups excluding carboxylic acids is 2. The van der Waals surface area contributed by atoms with E-state index < -0.39 is 28.5 Å². The van der Waals surface area contributed by atoms with Gasteiger partial charge in [-0.05, 0) is 44.4 Å². The molecule has 0 aliphatic rings. The fourth-order valence-electron chi connectivity index (χ4n) is 3.84. The van der Waals surface area contributed by atoms with E-state index in [-0.39, 0.29) is 24.2 Å². The number of aryl methyl sites for hydroxylation is 1. The number of methoxy groups -OCH3 is 2. The minimum absolute atomic E-state index is 0.0582. The molecule has 10 heteroatoms. The van der Waals surface area contributed by atoms with Crippen LogP contribution in [0.3, 0.4) is 0 Å². The molecule has 0 aliphatic carbocycles. The lowest BCUT2D eigenvalue weighted by molar-refractivity contribution is -0.140. The van der Waals surface area contributed by atoms with Crippen molar-refractivity contribution in [1.29, 1.82) is 0 Å². The molecule has 37 heavy (non-hydrogen) atoms. The van der Waals surface area contributed by atoms with Crippen molar-refractivity contribution in [2.45, 2.75) is 59.2 Å². The third-order valence-corrected chi connectivity index (χ3v) is 7.34. The lowest BCUT2D eigenvalue weighted by Gasteiger charge is -2.33. The first-order valence-electron chi connectivity index (χ1n) is 12.3. The largest absolute Gasteiger partial charge is 0.493 e. The third-order valence-electron chi connectivity index (χ3n) is 6.19. The number of hydrogen-bond acceptors (Lipinski definition) is 6. The van der Waals surface area contributed by atoms with Crippen molar-refractivity contribution in [2.24, 2.45) is 0 Å². The molecule has 0 fully saturated rings. The maximum atomic E-state index is 13.8. The van der Waals surface area contributed by atoms with Gasteiger partial charge in [0.15, 0.2) is 11.5 Å². The van der Waals surface area contributed by atoms with E-state index in [9.17, 15) is 18.0 Å². The van der Waals surface area contributed by atoms with Crippen LogP contribution in [0, 0.1) is 6.92 Å². The summed E-state index contributed by atoms with van der Waals surface area (Å²) in [7, 11) is -0.929. The van der Waals surface area contributed by atoms with E-state index in [1.54, 1.807) is 12.1 Å². The van der Waals surface area contributed by atoms with Gasteiger partial charge in [0, 0.05) is 18.7 Å². The minimum Gasteiger partial charge on any atom is -0.493 e. The van der Waals surface area contributed by atoms with E-state index in [1.807, 2.05) is 52.0 Å². The topological polar surface area (TPSA) is 105 Å². The zero-order chi connectivity index (χ0) is 27.8. The summed E-state index contributed by atoms with van der Waals surface area (Å²) >= 11 is 0. The Kier molecular flexibility index (Phi) is 10.8. The van der Waals surface area contributed by atoms with Crippen molar-refractivity contribution in [2.75, 3.05) is 31.3 Å². The molecule has 0 saturated carbocycles. The highest BCUT2D eigenvalue weighted by atomic mass is 32.2. The molecule has 0 aliphatic heterocycles. The van der Waals surface area contributed by atoms with Gasteiger partial charge in [-0.15, -0.1) is 0 Å². The van der Waals surface area contributed by atoms with Gasteiger partial charge in [0.25, 0.3) is 0 Å². The SMILES string of the molecule is CC[C@@H](C)NC(=O)[C@@H](CC)N(Cc1ccc(C)cc1)C(=O)CN(c1ccc(OC)c(OC)c1)S(C)(=O)=O. The highest BCUT2D eigenvalue weighted by molar-refractivity contribution is 7.92. The number of nitrogens with zero attached hydrogens (tertiary/aromatic N) is 2. The standard InChI is InChI=1S/C27H39N3O6S/c1-8-20(4)28-27(32)23(9-2)29(17-21-12-10-19(3)11-13-21)26(31)18-30(37(7,33)34)22-14-15-24(35-5)25(16-22)36-6/h10-16,20,23H,8-9,17-18H2,1-7H3,(H,28,32)/t20-,23-/m1/s1. The Bertz CT molecular complexity index is 1170. The van der Waals surface area contributed by atoms with Crippen LogP contribution in [-0.4, -0.2) is 64.2 Å². The Morgan fingerprint density at radius 3 is 2.11 bits per heavy atom. The van der Waals surface area contributed by atoms with E-state index in [0.29, 0.717) is 17.9 Å². The van der Waals surface area contributed by atoms with Crippen molar-refractivity contribution < 1.29 is 27.5 Å². The average Bonchev–Trinajstić information content (AvgIpc) is 2.86. The lowest BCUT2D eigenvalue weighted by atomic mass is 10.1. The molecule has 0 spiro atoms. The van der Waals surface area contributed by atoms with E-state index in [0.717, 1.165) is 28.1 Å². The Balaban J connectivity index is 2.48. The van der Waals surface area contributed by atoms with Crippen LogP contribution in [0.2, 0.25) is 0 Å². The third kappa shape index (κ3) is 8.11. The summed E-state index contributed by atoms with van der Waals surface area (Å²) < 4.78 is 37.2. The number of amides is 2. The van der Waals surface area contributed by atoms with Gasteiger partial charge in [-0.25, -0.2) is 8.42 Å². The highest BCUT2D eigenvalue weighted by Gasteiger charge is 2.32. The number of rotatable bonds is 13. The molecular weight excluding hydrogens is 494 g/mol. The van der Waals surface area contributed by atoms with Gasteiger partial charge in [-0.1, -0.05) is 43.7 Å². The molecule has 2 aromatic rings. The quantitative estimate of drug-likeness (QED) is 0.423. The van der Waals surface area contributed by atoms with E-state index >= 15 is 0 Å². The van der Waals surface area contributed by atoms with Gasteiger partial charge in [-0.2, -0.15) is 0 Å². The van der Waals surface area contributed by atoms with Crippen molar-refractivity contribution >= 4 is 27.5 Å². The number of ether oxygens (including phenoxy) is 2. The summed E-state index contributed by atoms with van der Waals surface area (Å²) in [5.74, 6) is -0.00182. The molecule has 2 aromatic carbocycles. The molecule has 0 bridgehead atoms. The van der Waals surface area contributed by atoms with E-state index in [2.05, 4.69) is 5.32 Å². The first-order valence-corrected chi connectivity index (χ1v) is 14.1. The maximum Gasteiger partial charge on any atom is 0.244 e. The smallest absolute Gasteiger partial charge is 0.244 e. The first kappa shape index (κ1) is 30.0. The fourth-order valence-corrected chi connectivity index (χ4v) is 4.69. The molecule has 0 heterocycles. The molecule has 0 saturated heterocycles. The summed E-state index contributed by atoms with van der Waals surface area (Å²) in [6.45, 7) is 7.35. The maximum absolute atomic E-state index is 13.8. The van der Waals surface area contributed by atoms with Crippen LogP contribution in [0.5, 0.6) is 11.5 Å². The normalized spacial score (nSPS) is 12.8. The number of nitrogens with one attached hydrogen (secondary N) is 1. The predicted octanol–water partition coefficient (Wildman–Crippen LogP) is 3.50. The highest BCUT2D eigenvalue weighted by Crippen LogP contribution is 2.32. The van der Waals surface area contributed by atoms with E-state index in [4.69, 9.17) is 9.47 Å². The lowest BCUT2D eigenvalue weighted by Crippen LogP contribution is -2.53. The van der Waals surface area contributed by atoms with Gasteiger partial charge in [0.05, 0.1) is 26.2 Å². The monoisotopic (exact) mass is 533 g/mol. The number of hydrogen-bond donors (Lipinski definition) is 1. The Morgan fingerprint density at radius 2 is 1.59 bits per heavy atom. The number of sulfonamides is 1.